The van der Waals surface area contributed by atoms with Gasteiger partial charge >= 0.3 is 0 Å². The van der Waals surface area contributed by atoms with Crippen molar-refractivity contribution in [2.75, 3.05) is 13.7 Å². The minimum atomic E-state index is -0.890. The highest BCUT2D eigenvalue weighted by Crippen LogP contribution is 2.27. The van der Waals surface area contributed by atoms with Crippen LogP contribution in [0.5, 0.6) is 5.88 Å². The number of halogens is 2. The van der Waals surface area contributed by atoms with Gasteiger partial charge in [0, 0.05) is 12.4 Å². The molecule has 0 aliphatic carbocycles. The number of ether oxygens (including phenoxy) is 1. The monoisotopic (exact) mass is 293 g/mol. The van der Waals surface area contributed by atoms with Crippen LogP contribution in [-0.4, -0.2) is 23.6 Å². The number of rotatable bonds is 6. The SMILES string of the molecule is CCCNC(c1ccc(F)c(F)c1)c1nccnc1OC. The van der Waals surface area contributed by atoms with E-state index in [9.17, 15) is 8.78 Å². The van der Waals surface area contributed by atoms with E-state index in [1.54, 1.807) is 6.20 Å². The van der Waals surface area contributed by atoms with Crippen molar-refractivity contribution in [1.82, 2.24) is 15.3 Å². The third-order valence-electron chi connectivity index (χ3n) is 3.03. The normalized spacial score (nSPS) is 12.2. The molecule has 0 saturated carbocycles. The Labute approximate surface area is 122 Å². The van der Waals surface area contributed by atoms with Gasteiger partial charge in [-0.15, -0.1) is 0 Å². The van der Waals surface area contributed by atoms with E-state index in [0.717, 1.165) is 18.6 Å². The van der Waals surface area contributed by atoms with Crippen LogP contribution < -0.4 is 10.1 Å². The molecule has 0 saturated heterocycles. The van der Waals surface area contributed by atoms with Gasteiger partial charge in [-0.2, -0.15) is 0 Å². The van der Waals surface area contributed by atoms with E-state index in [2.05, 4.69) is 15.3 Å². The van der Waals surface area contributed by atoms with Crippen LogP contribution >= 0.6 is 0 Å². The number of nitrogens with zero attached hydrogens (tertiary/aromatic N) is 2. The molecule has 1 atom stereocenters. The summed E-state index contributed by atoms with van der Waals surface area (Å²) < 4.78 is 31.8. The van der Waals surface area contributed by atoms with E-state index in [0.29, 0.717) is 23.7 Å². The van der Waals surface area contributed by atoms with Crippen LogP contribution in [0.15, 0.2) is 30.6 Å². The van der Waals surface area contributed by atoms with Crippen LogP contribution in [0.2, 0.25) is 0 Å². The Balaban J connectivity index is 2.44. The first-order chi connectivity index (χ1) is 10.2. The molecule has 2 aromatic rings. The maximum Gasteiger partial charge on any atom is 0.237 e. The largest absolute Gasteiger partial charge is 0.480 e. The van der Waals surface area contributed by atoms with Crippen LogP contribution in [0.1, 0.15) is 30.6 Å². The van der Waals surface area contributed by atoms with Crippen molar-refractivity contribution in [3.63, 3.8) is 0 Å². The predicted octanol–water partition coefficient (Wildman–Crippen LogP) is 2.85. The van der Waals surface area contributed by atoms with Crippen molar-refractivity contribution in [2.45, 2.75) is 19.4 Å². The molecule has 21 heavy (non-hydrogen) atoms. The van der Waals surface area contributed by atoms with Crippen molar-refractivity contribution in [3.8, 4) is 5.88 Å². The minimum absolute atomic E-state index is 0.357. The molecule has 1 aromatic heterocycles. The summed E-state index contributed by atoms with van der Waals surface area (Å²) in [6.45, 7) is 2.71. The Bertz CT molecular complexity index is 607. The second kappa shape index (κ2) is 7.08. The quantitative estimate of drug-likeness (QED) is 0.889. The standard InChI is InChI=1S/C15H17F2N3O/c1-3-6-18-13(10-4-5-11(16)12(17)9-10)14-15(21-2)20-8-7-19-14/h4-5,7-9,13,18H,3,6H2,1-2H3. The fourth-order valence-electron chi connectivity index (χ4n) is 2.04. The van der Waals surface area contributed by atoms with Crippen LogP contribution in [0.3, 0.4) is 0 Å². The van der Waals surface area contributed by atoms with Crippen LogP contribution in [0.25, 0.3) is 0 Å². The van der Waals surface area contributed by atoms with E-state index in [4.69, 9.17) is 4.74 Å². The molecule has 0 amide bonds. The van der Waals surface area contributed by atoms with Crippen molar-refractivity contribution in [3.05, 3.63) is 53.5 Å². The highest BCUT2D eigenvalue weighted by Gasteiger charge is 2.21. The topological polar surface area (TPSA) is 47.0 Å². The third kappa shape index (κ3) is 3.52. The summed E-state index contributed by atoms with van der Waals surface area (Å²) in [5, 5.41) is 3.25. The molecule has 112 valence electrons. The number of benzene rings is 1. The highest BCUT2D eigenvalue weighted by atomic mass is 19.2. The fourth-order valence-corrected chi connectivity index (χ4v) is 2.04. The summed E-state index contributed by atoms with van der Waals surface area (Å²) in [4.78, 5) is 8.36. The summed E-state index contributed by atoms with van der Waals surface area (Å²) in [6.07, 6.45) is 3.95. The average molecular weight is 293 g/mol. The van der Waals surface area contributed by atoms with Gasteiger partial charge in [-0.25, -0.2) is 13.8 Å². The molecule has 0 fully saturated rings. The van der Waals surface area contributed by atoms with Gasteiger partial charge in [-0.3, -0.25) is 4.98 Å². The maximum atomic E-state index is 13.5. The smallest absolute Gasteiger partial charge is 0.237 e. The molecule has 4 nitrogen and oxygen atoms in total. The zero-order valence-corrected chi connectivity index (χ0v) is 11.9. The first-order valence-electron chi connectivity index (χ1n) is 6.70. The van der Waals surface area contributed by atoms with Gasteiger partial charge in [0.2, 0.25) is 5.88 Å². The lowest BCUT2D eigenvalue weighted by atomic mass is 10.0. The first kappa shape index (κ1) is 15.3. The van der Waals surface area contributed by atoms with Gasteiger partial charge in [-0.05, 0) is 30.7 Å². The third-order valence-corrected chi connectivity index (χ3v) is 3.03. The van der Waals surface area contributed by atoms with E-state index in [1.807, 2.05) is 6.92 Å². The van der Waals surface area contributed by atoms with Crippen molar-refractivity contribution >= 4 is 0 Å². The Hall–Kier alpha value is -2.08. The van der Waals surface area contributed by atoms with Gasteiger partial charge < -0.3 is 10.1 Å². The lowest BCUT2D eigenvalue weighted by Gasteiger charge is -2.20. The lowest BCUT2D eigenvalue weighted by Crippen LogP contribution is -2.25. The molecule has 2 rings (SSSR count). The molecule has 0 aliphatic rings. The molecule has 1 aromatic carbocycles. The number of nitrogens with one attached hydrogen (secondary N) is 1. The van der Waals surface area contributed by atoms with Crippen LogP contribution in [0.4, 0.5) is 8.78 Å². The first-order valence-corrected chi connectivity index (χ1v) is 6.70. The average Bonchev–Trinajstić information content (AvgIpc) is 2.51. The minimum Gasteiger partial charge on any atom is -0.480 e. The van der Waals surface area contributed by atoms with Gasteiger partial charge in [0.1, 0.15) is 5.69 Å². The molecule has 0 aliphatic heterocycles. The van der Waals surface area contributed by atoms with Crippen LogP contribution in [0, 0.1) is 11.6 Å². The summed E-state index contributed by atoms with van der Waals surface area (Å²) in [5.74, 6) is -1.41. The van der Waals surface area contributed by atoms with Crippen molar-refractivity contribution in [1.29, 1.82) is 0 Å². The molecular formula is C15H17F2N3O. The molecule has 0 bridgehead atoms. The van der Waals surface area contributed by atoms with Gasteiger partial charge in [-0.1, -0.05) is 13.0 Å². The van der Waals surface area contributed by atoms with Crippen LogP contribution in [-0.2, 0) is 0 Å². The molecule has 6 heteroatoms. The summed E-state index contributed by atoms with van der Waals surface area (Å²) >= 11 is 0. The summed E-state index contributed by atoms with van der Waals surface area (Å²) in [6, 6.07) is 3.38. The van der Waals surface area contributed by atoms with Crippen molar-refractivity contribution < 1.29 is 13.5 Å². The fraction of sp³-hybridized carbons (Fsp3) is 0.333. The zero-order chi connectivity index (χ0) is 15.2. The zero-order valence-electron chi connectivity index (χ0n) is 11.9. The summed E-state index contributed by atoms with van der Waals surface area (Å²) in [7, 11) is 1.50. The highest BCUT2D eigenvalue weighted by molar-refractivity contribution is 5.33. The number of aromatic nitrogens is 2. The molecule has 1 N–H and O–H groups in total. The molecule has 0 spiro atoms. The maximum absolute atomic E-state index is 13.5. The van der Waals surface area contributed by atoms with E-state index < -0.39 is 17.7 Å². The van der Waals surface area contributed by atoms with Crippen molar-refractivity contribution in [2.24, 2.45) is 0 Å². The number of hydrogen-bond acceptors (Lipinski definition) is 4. The summed E-state index contributed by atoms with van der Waals surface area (Å²) in [5.41, 5.74) is 1.11. The van der Waals surface area contributed by atoms with Gasteiger partial charge in [0.15, 0.2) is 11.6 Å². The van der Waals surface area contributed by atoms with Gasteiger partial charge in [0.05, 0.1) is 13.2 Å². The Kier molecular flexibility index (Phi) is 5.16. The number of methoxy groups -OCH3 is 1. The Morgan fingerprint density at radius 2 is 1.95 bits per heavy atom. The Morgan fingerprint density at radius 3 is 2.62 bits per heavy atom. The second-order valence-corrected chi connectivity index (χ2v) is 4.51. The molecular weight excluding hydrogens is 276 g/mol. The predicted molar refractivity (Wildman–Crippen MR) is 75.1 cm³/mol. The lowest BCUT2D eigenvalue weighted by molar-refractivity contribution is 0.382. The molecule has 1 unspecified atom stereocenters. The molecule has 1 heterocycles. The molecule has 0 radical (unpaired) electrons. The van der Waals surface area contributed by atoms with Gasteiger partial charge in [0.25, 0.3) is 0 Å². The van der Waals surface area contributed by atoms with E-state index >= 15 is 0 Å². The second-order valence-electron chi connectivity index (χ2n) is 4.51. The number of hydrogen-bond donors (Lipinski definition) is 1. The van der Waals surface area contributed by atoms with E-state index in [1.165, 1.54) is 19.4 Å². The Morgan fingerprint density at radius 1 is 1.19 bits per heavy atom. The van der Waals surface area contributed by atoms with E-state index in [-0.39, 0.29) is 0 Å².